The second-order valence-electron chi connectivity index (χ2n) is 5.80. The van der Waals surface area contributed by atoms with E-state index in [4.69, 9.17) is 9.47 Å². The highest BCUT2D eigenvalue weighted by molar-refractivity contribution is 5.91. The van der Waals surface area contributed by atoms with E-state index in [2.05, 4.69) is 19.1 Å². The highest BCUT2D eigenvalue weighted by Crippen LogP contribution is 2.22. The summed E-state index contributed by atoms with van der Waals surface area (Å²) < 4.78 is 11.6. The summed E-state index contributed by atoms with van der Waals surface area (Å²) in [6.45, 7) is 3.50. The highest BCUT2D eigenvalue weighted by atomic mass is 16.5. The average molecular weight is 302 g/mol. The summed E-state index contributed by atoms with van der Waals surface area (Å²) in [5, 5.41) is 0. The first-order valence-electron chi connectivity index (χ1n) is 8.29. The normalized spacial score (nSPS) is 18.0. The lowest BCUT2D eigenvalue weighted by Gasteiger charge is -2.24. The summed E-state index contributed by atoms with van der Waals surface area (Å²) in [5.41, 5.74) is 1.19. The fourth-order valence-corrected chi connectivity index (χ4v) is 2.57. The zero-order chi connectivity index (χ0) is 15.6. The zero-order valence-electron chi connectivity index (χ0n) is 13.4. The van der Waals surface area contributed by atoms with Gasteiger partial charge in [-0.3, -0.25) is 4.79 Å². The van der Waals surface area contributed by atoms with Crippen molar-refractivity contribution in [1.82, 2.24) is 0 Å². The number of ether oxygens (including phenoxy) is 2. The van der Waals surface area contributed by atoms with Gasteiger partial charge in [-0.05, 0) is 24.8 Å². The summed E-state index contributed by atoms with van der Waals surface area (Å²) in [4.78, 5) is 11.7. The third kappa shape index (κ3) is 6.02. The summed E-state index contributed by atoms with van der Waals surface area (Å²) >= 11 is 0. The summed E-state index contributed by atoms with van der Waals surface area (Å²) in [7, 11) is 0. The van der Waals surface area contributed by atoms with Crippen LogP contribution in [0.1, 0.15) is 51.0 Å². The quantitative estimate of drug-likeness (QED) is 0.634. The first-order chi connectivity index (χ1) is 10.8. The van der Waals surface area contributed by atoms with Crippen LogP contribution < -0.4 is 0 Å². The van der Waals surface area contributed by atoms with Crippen molar-refractivity contribution in [2.75, 3.05) is 6.61 Å². The molecule has 0 radical (unpaired) electrons. The molecule has 0 aliphatic carbocycles. The van der Waals surface area contributed by atoms with Gasteiger partial charge in [0.1, 0.15) is 6.10 Å². The Bertz CT molecular complexity index is 479. The number of carbonyl (C=O) groups is 1. The van der Waals surface area contributed by atoms with E-state index in [-0.39, 0.29) is 11.9 Å². The van der Waals surface area contributed by atoms with Gasteiger partial charge >= 0.3 is 0 Å². The molecule has 0 saturated carbocycles. The van der Waals surface area contributed by atoms with Crippen LogP contribution >= 0.6 is 0 Å². The lowest BCUT2D eigenvalue weighted by molar-refractivity contribution is -0.118. The van der Waals surface area contributed by atoms with Crippen LogP contribution in [0, 0.1) is 0 Å². The molecule has 2 rings (SSSR count). The molecule has 0 bridgehead atoms. The van der Waals surface area contributed by atoms with Crippen LogP contribution in [0.4, 0.5) is 0 Å². The third-order valence-corrected chi connectivity index (χ3v) is 3.77. The Morgan fingerprint density at radius 3 is 2.82 bits per heavy atom. The van der Waals surface area contributed by atoms with E-state index < -0.39 is 0 Å². The van der Waals surface area contributed by atoms with Crippen LogP contribution in [-0.2, 0) is 20.9 Å². The maximum Gasteiger partial charge on any atom is 0.162 e. The minimum absolute atomic E-state index is 0.0321. The lowest BCUT2D eigenvalue weighted by atomic mass is 10.0. The highest BCUT2D eigenvalue weighted by Gasteiger charge is 2.20. The fraction of sp³-hybridized carbons (Fsp3) is 0.526. The van der Waals surface area contributed by atoms with Crippen LogP contribution in [-0.4, -0.2) is 18.5 Å². The lowest BCUT2D eigenvalue weighted by Crippen LogP contribution is -2.22. The summed E-state index contributed by atoms with van der Waals surface area (Å²) in [5.74, 6) is 1.07. The first-order valence-corrected chi connectivity index (χ1v) is 8.29. The van der Waals surface area contributed by atoms with Gasteiger partial charge in [0.25, 0.3) is 0 Å². The SMILES string of the molecule is CCCCC1=CC(=O)CC(CCCOCc2ccccc2)O1. The maximum absolute atomic E-state index is 11.7. The van der Waals surface area contributed by atoms with E-state index in [0.29, 0.717) is 19.6 Å². The van der Waals surface area contributed by atoms with Crippen molar-refractivity contribution in [3.8, 4) is 0 Å². The van der Waals surface area contributed by atoms with Crippen molar-refractivity contribution in [2.24, 2.45) is 0 Å². The topological polar surface area (TPSA) is 35.5 Å². The van der Waals surface area contributed by atoms with Crippen molar-refractivity contribution < 1.29 is 14.3 Å². The Morgan fingerprint density at radius 2 is 2.05 bits per heavy atom. The van der Waals surface area contributed by atoms with Gasteiger partial charge in [-0.2, -0.15) is 0 Å². The zero-order valence-corrected chi connectivity index (χ0v) is 13.4. The number of ketones is 1. The van der Waals surface area contributed by atoms with E-state index in [9.17, 15) is 4.79 Å². The Kier molecular flexibility index (Phi) is 7.17. The Labute approximate surface area is 133 Å². The van der Waals surface area contributed by atoms with Gasteiger partial charge < -0.3 is 9.47 Å². The van der Waals surface area contributed by atoms with Crippen LogP contribution in [0.15, 0.2) is 42.2 Å². The predicted octanol–water partition coefficient (Wildman–Crippen LogP) is 4.42. The van der Waals surface area contributed by atoms with Crippen molar-refractivity contribution in [3.05, 3.63) is 47.7 Å². The molecule has 0 spiro atoms. The molecule has 0 saturated heterocycles. The number of benzene rings is 1. The van der Waals surface area contributed by atoms with Gasteiger partial charge in [0.2, 0.25) is 0 Å². The minimum atomic E-state index is 0.0321. The molecule has 3 nitrogen and oxygen atoms in total. The van der Waals surface area contributed by atoms with Crippen molar-refractivity contribution >= 4 is 5.78 Å². The molecule has 1 atom stereocenters. The van der Waals surface area contributed by atoms with E-state index in [1.807, 2.05) is 18.2 Å². The van der Waals surface area contributed by atoms with Gasteiger partial charge in [-0.1, -0.05) is 43.7 Å². The third-order valence-electron chi connectivity index (χ3n) is 3.77. The van der Waals surface area contributed by atoms with Gasteiger partial charge in [0.15, 0.2) is 5.78 Å². The molecule has 1 aromatic rings. The standard InChI is InChI=1S/C19H26O3/c1-2-3-10-18-13-17(20)14-19(22-18)11-7-12-21-15-16-8-5-4-6-9-16/h4-6,8-9,13,19H,2-3,7,10-12,14-15H2,1H3. The Balaban J connectivity index is 1.62. The summed E-state index contributed by atoms with van der Waals surface area (Å²) in [6.07, 6.45) is 7.09. The van der Waals surface area contributed by atoms with Gasteiger partial charge in [0.05, 0.1) is 12.4 Å². The number of unbranched alkanes of at least 4 members (excludes halogenated alkanes) is 1. The maximum atomic E-state index is 11.7. The van der Waals surface area contributed by atoms with Crippen LogP contribution in [0.2, 0.25) is 0 Å². The molecule has 3 heteroatoms. The van der Waals surface area contributed by atoms with Gasteiger partial charge in [-0.25, -0.2) is 0 Å². The molecule has 0 fully saturated rings. The van der Waals surface area contributed by atoms with E-state index in [1.54, 1.807) is 6.08 Å². The molecule has 0 amide bonds. The molecule has 1 unspecified atom stereocenters. The number of hydrogen-bond acceptors (Lipinski definition) is 3. The van der Waals surface area contributed by atoms with E-state index in [1.165, 1.54) is 5.56 Å². The number of rotatable bonds is 9. The predicted molar refractivity (Wildman–Crippen MR) is 87.4 cm³/mol. The molecular formula is C19H26O3. The second kappa shape index (κ2) is 9.42. The van der Waals surface area contributed by atoms with Crippen LogP contribution in [0.25, 0.3) is 0 Å². The first kappa shape index (κ1) is 16.8. The molecule has 1 heterocycles. The number of allylic oxidation sites excluding steroid dienone is 2. The molecule has 1 aromatic carbocycles. The van der Waals surface area contributed by atoms with Gasteiger partial charge in [0, 0.05) is 25.5 Å². The molecule has 120 valence electrons. The average Bonchev–Trinajstić information content (AvgIpc) is 2.53. The molecule has 1 aliphatic heterocycles. The van der Waals surface area contributed by atoms with E-state index >= 15 is 0 Å². The number of hydrogen-bond donors (Lipinski definition) is 0. The van der Waals surface area contributed by atoms with Crippen molar-refractivity contribution in [2.45, 2.75) is 58.2 Å². The van der Waals surface area contributed by atoms with Crippen molar-refractivity contribution in [3.63, 3.8) is 0 Å². The molecule has 1 aliphatic rings. The van der Waals surface area contributed by atoms with Crippen LogP contribution in [0.3, 0.4) is 0 Å². The molecule has 0 aromatic heterocycles. The van der Waals surface area contributed by atoms with Gasteiger partial charge in [-0.15, -0.1) is 0 Å². The number of carbonyl (C=O) groups excluding carboxylic acids is 1. The Hall–Kier alpha value is -1.61. The molecular weight excluding hydrogens is 276 g/mol. The largest absolute Gasteiger partial charge is 0.494 e. The Morgan fingerprint density at radius 1 is 1.23 bits per heavy atom. The summed E-state index contributed by atoms with van der Waals surface area (Å²) in [6, 6.07) is 10.2. The van der Waals surface area contributed by atoms with Crippen molar-refractivity contribution in [1.29, 1.82) is 0 Å². The minimum Gasteiger partial charge on any atom is -0.494 e. The fourth-order valence-electron chi connectivity index (χ4n) is 2.57. The molecule has 22 heavy (non-hydrogen) atoms. The van der Waals surface area contributed by atoms with Crippen LogP contribution in [0.5, 0.6) is 0 Å². The monoisotopic (exact) mass is 302 g/mol. The second-order valence-corrected chi connectivity index (χ2v) is 5.80. The molecule has 0 N–H and O–H groups in total. The smallest absolute Gasteiger partial charge is 0.162 e. The van der Waals surface area contributed by atoms with E-state index in [0.717, 1.165) is 37.9 Å².